The number of rotatable bonds is 9. The highest BCUT2D eigenvalue weighted by molar-refractivity contribution is 5.89. The number of carboxylic acid groups (broad SMARTS) is 1. The van der Waals surface area contributed by atoms with Crippen LogP contribution in [0.4, 0.5) is 4.79 Å². The molecule has 0 bridgehead atoms. The molecule has 0 radical (unpaired) electrons. The average molecular weight is 439 g/mol. The van der Waals surface area contributed by atoms with E-state index in [2.05, 4.69) is 22.8 Å². The van der Waals surface area contributed by atoms with Crippen LogP contribution in [0.25, 0.3) is 11.1 Å². The maximum absolute atomic E-state index is 12.6. The van der Waals surface area contributed by atoms with Gasteiger partial charge < -0.3 is 20.5 Å². The fourth-order valence-electron chi connectivity index (χ4n) is 3.96. The number of carbonyl (C=O) groups is 3. The largest absolute Gasteiger partial charge is 0.480 e. The van der Waals surface area contributed by atoms with Crippen LogP contribution in [0.1, 0.15) is 50.7 Å². The molecule has 0 heterocycles. The van der Waals surface area contributed by atoms with E-state index in [0.717, 1.165) is 28.7 Å². The third kappa shape index (κ3) is 5.28. The van der Waals surface area contributed by atoms with Gasteiger partial charge in [0.25, 0.3) is 0 Å². The predicted octanol–water partition coefficient (Wildman–Crippen LogP) is 3.92. The molecule has 3 atom stereocenters. The zero-order chi connectivity index (χ0) is 23.3. The second-order valence-corrected chi connectivity index (χ2v) is 8.34. The van der Waals surface area contributed by atoms with Gasteiger partial charge in [0.05, 0.1) is 0 Å². The zero-order valence-electron chi connectivity index (χ0n) is 18.6. The first-order valence-corrected chi connectivity index (χ1v) is 11.0. The third-order valence-electron chi connectivity index (χ3n) is 6.02. The van der Waals surface area contributed by atoms with Crippen molar-refractivity contribution in [3.63, 3.8) is 0 Å². The summed E-state index contributed by atoms with van der Waals surface area (Å²) in [5.41, 5.74) is 4.47. The molecule has 3 rings (SSSR count). The van der Waals surface area contributed by atoms with Gasteiger partial charge in [0, 0.05) is 5.92 Å². The van der Waals surface area contributed by atoms with Gasteiger partial charge in [0.2, 0.25) is 5.91 Å². The van der Waals surface area contributed by atoms with Gasteiger partial charge in [-0.05, 0) is 41.5 Å². The molecule has 0 spiro atoms. The molecule has 2 aromatic rings. The van der Waals surface area contributed by atoms with Crippen molar-refractivity contribution in [2.75, 3.05) is 6.61 Å². The van der Waals surface area contributed by atoms with Gasteiger partial charge in [-0.15, -0.1) is 0 Å². The van der Waals surface area contributed by atoms with Gasteiger partial charge in [-0.2, -0.15) is 0 Å². The predicted molar refractivity (Wildman–Crippen MR) is 121 cm³/mol. The second kappa shape index (κ2) is 10.3. The van der Waals surface area contributed by atoms with E-state index < -0.39 is 30.1 Å². The number of benzene rings is 2. The van der Waals surface area contributed by atoms with E-state index >= 15 is 0 Å². The van der Waals surface area contributed by atoms with Crippen LogP contribution in [0.2, 0.25) is 0 Å². The summed E-state index contributed by atoms with van der Waals surface area (Å²) in [6, 6.07) is 14.2. The lowest BCUT2D eigenvalue weighted by Crippen LogP contribution is -2.51. The Labute approximate surface area is 188 Å². The Balaban J connectivity index is 1.67. The van der Waals surface area contributed by atoms with E-state index in [1.807, 2.05) is 50.2 Å². The molecule has 7 nitrogen and oxygen atoms in total. The molecule has 2 amide bonds. The number of fused-ring (bicyclic) bond motifs is 3. The Morgan fingerprint density at radius 1 is 0.969 bits per heavy atom. The van der Waals surface area contributed by atoms with Crippen LogP contribution < -0.4 is 10.6 Å². The van der Waals surface area contributed by atoms with Crippen molar-refractivity contribution in [3.05, 3.63) is 59.7 Å². The first kappa shape index (κ1) is 23.3. The molecule has 0 saturated heterocycles. The van der Waals surface area contributed by atoms with E-state index in [-0.39, 0.29) is 18.4 Å². The molecule has 2 aromatic carbocycles. The topological polar surface area (TPSA) is 105 Å². The minimum Gasteiger partial charge on any atom is -0.480 e. The highest BCUT2D eigenvalue weighted by Gasteiger charge is 2.30. The second-order valence-electron chi connectivity index (χ2n) is 8.34. The van der Waals surface area contributed by atoms with Crippen LogP contribution in [-0.2, 0) is 14.3 Å². The van der Waals surface area contributed by atoms with E-state index in [4.69, 9.17) is 9.84 Å². The molecule has 3 N–H and O–H groups in total. The molecule has 32 heavy (non-hydrogen) atoms. The summed E-state index contributed by atoms with van der Waals surface area (Å²) in [5, 5.41) is 14.1. The quantitative estimate of drug-likeness (QED) is 0.550. The van der Waals surface area contributed by atoms with Crippen LogP contribution in [0.3, 0.4) is 0 Å². The Hall–Kier alpha value is -3.35. The van der Waals surface area contributed by atoms with Gasteiger partial charge in [-0.3, -0.25) is 9.59 Å². The number of amides is 2. The fraction of sp³-hybridized carbons (Fsp3) is 0.400. The molecule has 3 unspecified atom stereocenters. The zero-order valence-corrected chi connectivity index (χ0v) is 18.6. The molecule has 0 saturated carbocycles. The summed E-state index contributed by atoms with van der Waals surface area (Å²) < 4.78 is 5.54. The normalized spacial score (nSPS) is 15.1. The molecular formula is C25H30N2O5. The maximum atomic E-state index is 12.6. The lowest BCUT2D eigenvalue weighted by molar-refractivity contribution is -0.141. The summed E-state index contributed by atoms with van der Waals surface area (Å²) in [4.78, 5) is 36.3. The van der Waals surface area contributed by atoms with Crippen molar-refractivity contribution >= 4 is 18.0 Å². The summed E-state index contributed by atoms with van der Waals surface area (Å²) in [5.74, 6) is -1.59. The summed E-state index contributed by atoms with van der Waals surface area (Å²) >= 11 is 0. The Kier molecular flexibility index (Phi) is 7.51. The van der Waals surface area contributed by atoms with Crippen LogP contribution >= 0.6 is 0 Å². The van der Waals surface area contributed by atoms with Gasteiger partial charge in [-0.1, -0.05) is 68.8 Å². The van der Waals surface area contributed by atoms with Crippen molar-refractivity contribution in [2.24, 2.45) is 5.92 Å². The highest BCUT2D eigenvalue weighted by Crippen LogP contribution is 2.44. The monoisotopic (exact) mass is 438 g/mol. The number of aliphatic carboxylic acids is 1. The van der Waals surface area contributed by atoms with E-state index in [9.17, 15) is 14.4 Å². The number of hydrogen-bond donors (Lipinski definition) is 3. The van der Waals surface area contributed by atoms with Crippen LogP contribution in [0, 0.1) is 5.92 Å². The van der Waals surface area contributed by atoms with Crippen molar-refractivity contribution in [1.82, 2.24) is 10.6 Å². The number of nitrogens with one attached hydrogen (secondary N) is 2. The first-order valence-electron chi connectivity index (χ1n) is 11.0. The number of alkyl carbamates (subject to hydrolysis) is 1. The highest BCUT2D eigenvalue weighted by atomic mass is 16.5. The Morgan fingerprint density at radius 3 is 2.06 bits per heavy atom. The standard InChI is InChI=1S/C25H30N2O5/c1-4-15(2)13-22(23(28)26-16(3)24(29)30)27-25(31)32-14-21-19-11-7-5-9-17(19)18-10-6-8-12-20(18)21/h5-12,15-16,21-22H,4,13-14H2,1-3H3,(H,26,28)(H,27,31)(H,29,30). The van der Waals surface area contributed by atoms with Crippen molar-refractivity contribution < 1.29 is 24.2 Å². The van der Waals surface area contributed by atoms with Gasteiger partial charge in [0.1, 0.15) is 18.7 Å². The molecule has 170 valence electrons. The lowest BCUT2D eigenvalue weighted by atomic mass is 9.98. The van der Waals surface area contributed by atoms with Crippen LogP contribution in [0.5, 0.6) is 0 Å². The van der Waals surface area contributed by atoms with Crippen LogP contribution in [0.15, 0.2) is 48.5 Å². The number of carboxylic acids is 1. The third-order valence-corrected chi connectivity index (χ3v) is 6.02. The van der Waals surface area contributed by atoms with Crippen molar-refractivity contribution in [1.29, 1.82) is 0 Å². The lowest BCUT2D eigenvalue weighted by Gasteiger charge is -2.23. The molecule has 0 fully saturated rings. The Bertz CT molecular complexity index is 944. The summed E-state index contributed by atoms with van der Waals surface area (Å²) in [6.07, 6.45) is 0.516. The smallest absolute Gasteiger partial charge is 0.407 e. The molecule has 1 aliphatic carbocycles. The number of ether oxygens (including phenoxy) is 1. The van der Waals surface area contributed by atoms with E-state index in [1.54, 1.807) is 0 Å². The minimum atomic E-state index is -1.14. The molecular weight excluding hydrogens is 408 g/mol. The van der Waals surface area contributed by atoms with Crippen molar-refractivity contribution in [2.45, 2.75) is 51.6 Å². The van der Waals surface area contributed by atoms with Gasteiger partial charge in [-0.25, -0.2) is 4.79 Å². The maximum Gasteiger partial charge on any atom is 0.407 e. The number of carbonyl (C=O) groups excluding carboxylic acids is 2. The minimum absolute atomic E-state index is 0.0815. The van der Waals surface area contributed by atoms with E-state index in [1.165, 1.54) is 6.92 Å². The molecule has 0 aromatic heterocycles. The molecule has 7 heteroatoms. The fourth-order valence-corrected chi connectivity index (χ4v) is 3.96. The first-order chi connectivity index (χ1) is 15.3. The van der Waals surface area contributed by atoms with Gasteiger partial charge >= 0.3 is 12.1 Å². The summed E-state index contributed by atoms with van der Waals surface area (Å²) in [7, 11) is 0. The average Bonchev–Trinajstić information content (AvgIpc) is 3.10. The number of hydrogen-bond acceptors (Lipinski definition) is 4. The Morgan fingerprint density at radius 2 is 1.53 bits per heavy atom. The summed E-state index contributed by atoms with van der Waals surface area (Å²) in [6.45, 7) is 5.49. The van der Waals surface area contributed by atoms with Crippen molar-refractivity contribution in [3.8, 4) is 11.1 Å². The molecule has 1 aliphatic rings. The SMILES string of the molecule is CCC(C)CC(NC(=O)OCC1c2ccccc2-c2ccccc21)C(=O)NC(C)C(=O)O. The molecule has 0 aliphatic heterocycles. The van der Waals surface area contributed by atoms with E-state index in [0.29, 0.717) is 6.42 Å². The van der Waals surface area contributed by atoms with Crippen LogP contribution in [-0.4, -0.2) is 41.8 Å². The van der Waals surface area contributed by atoms with Gasteiger partial charge in [0.15, 0.2) is 0 Å².